The molecule has 0 unspecified atom stereocenters. The van der Waals surface area contributed by atoms with Crippen molar-refractivity contribution in [1.82, 2.24) is 15.1 Å². The number of aryl methyl sites for hydroxylation is 2. The first kappa shape index (κ1) is 16.7. The first-order chi connectivity index (χ1) is 12.7. The third-order valence-electron chi connectivity index (χ3n) is 4.15. The van der Waals surface area contributed by atoms with Crippen molar-refractivity contribution < 1.29 is 4.52 Å². The Balaban J connectivity index is 1.76. The van der Waals surface area contributed by atoms with Gasteiger partial charge in [-0.25, -0.2) is 4.98 Å². The summed E-state index contributed by atoms with van der Waals surface area (Å²) in [6.07, 6.45) is 1.76. The first-order valence-corrected chi connectivity index (χ1v) is 9.61. The zero-order valence-corrected chi connectivity index (χ0v) is 15.6. The van der Waals surface area contributed by atoms with E-state index in [0.29, 0.717) is 18.3 Å². The van der Waals surface area contributed by atoms with Gasteiger partial charge < -0.3 is 9.84 Å². The largest absolute Gasteiger partial charge is 0.365 e. The van der Waals surface area contributed by atoms with Crippen LogP contribution in [0.2, 0.25) is 0 Å². The lowest BCUT2D eigenvalue weighted by Gasteiger charge is -2.10. The number of fused-ring (bicyclic) bond motifs is 1. The van der Waals surface area contributed by atoms with Gasteiger partial charge in [0.2, 0.25) is 11.7 Å². The molecule has 0 aliphatic carbocycles. The molecule has 3 aromatic heterocycles. The highest BCUT2D eigenvalue weighted by atomic mass is 32.1. The Hall–Kier alpha value is -2.73. The van der Waals surface area contributed by atoms with Crippen molar-refractivity contribution >= 4 is 28.1 Å². The second-order valence-electron chi connectivity index (χ2n) is 6.28. The van der Waals surface area contributed by atoms with Crippen molar-refractivity contribution in [2.24, 2.45) is 0 Å². The van der Waals surface area contributed by atoms with Gasteiger partial charge in [-0.15, -0.1) is 11.3 Å². The number of hydrogen-bond acceptors (Lipinski definition) is 6. The monoisotopic (exact) mass is 364 g/mol. The van der Waals surface area contributed by atoms with Crippen LogP contribution in [0.5, 0.6) is 0 Å². The minimum absolute atomic E-state index is 0.582. The van der Waals surface area contributed by atoms with E-state index in [0.717, 1.165) is 35.1 Å². The summed E-state index contributed by atoms with van der Waals surface area (Å²) in [5.41, 5.74) is 3.01. The molecule has 132 valence electrons. The molecule has 0 aliphatic rings. The van der Waals surface area contributed by atoms with Crippen LogP contribution in [0.3, 0.4) is 0 Å². The molecule has 0 amide bonds. The molecular weight excluding hydrogens is 344 g/mol. The number of nitrogens with one attached hydrogen (secondary N) is 1. The molecule has 0 fully saturated rings. The van der Waals surface area contributed by atoms with Gasteiger partial charge in [0.25, 0.3) is 0 Å². The zero-order valence-electron chi connectivity index (χ0n) is 14.8. The lowest BCUT2D eigenvalue weighted by Crippen LogP contribution is -2.03. The summed E-state index contributed by atoms with van der Waals surface area (Å²) in [6, 6.07) is 12.5. The third kappa shape index (κ3) is 3.46. The molecule has 0 radical (unpaired) electrons. The van der Waals surface area contributed by atoms with Crippen molar-refractivity contribution in [3.05, 3.63) is 58.1 Å². The van der Waals surface area contributed by atoms with Gasteiger partial charge in [-0.3, -0.25) is 0 Å². The predicted octanol–water partition coefficient (Wildman–Crippen LogP) is 5.22. The molecule has 1 N–H and O–H groups in total. The Bertz CT molecular complexity index is 1020. The maximum atomic E-state index is 5.39. The smallest absolute Gasteiger partial charge is 0.226 e. The number of anilines is 1. The summed E-state index contributed by atoms with van der Waals surface area (Å²) in [6.45, 7) is 4.89. The maximum Gasteiger partial charge on any atom is 0.226 e. The number of aromatic nitrogens is 3. The number of nitrogens with zero attached hydrogens (tertiary/aromatic N) is 3. The van der Waals surface area contributed by atoms with E-state index < -0.39 is 0 Å². The highest BCUT2D eigenvalue weighted by Gasteiger charge is 2.15. The molecule has 0 atom stereocenters. The van der Waals surface area contributed by atoms with Gasteiger partial charge in [-0.2, -0.15) is 4.98 Å². The molecule has 4 rings (SSSR count). The molecule has 26 heavy (non-hydrogen) atoms. The number of benzene rings is 1. The highest BCUT2D eigenvalue weighted by Crippen LogP contribution is 2.29. The Morgan fingerprint density at radius 1 is 1.15 bits per heavy atom. The van der Waals surface area contributed by atoms with Gasteiger partial charge in [-0.1, -0.05) is 29.8 Å². The fourth-order valence-electron chi connectivity index (χ4n) is 2.86. The summed E-state index contributed by atoms with van der Waals surface area (Å²) < 4.78 is 5.39. The quantitative estimate of drug-likeness (QED) is 0.508. The van der Waals surface area contributed by atoms with Crippen molar-refractivity contribution in [2.45, 2.75) is 33.2 Å². The molecule has 3 heterocycles. The molecule has 1 aromatic carbocycles. The van der Waals surface area contributed by atoms with Crippen molar-refractivity contribution in [3.8, 4) is 11.4 Å². The van der Waals surface area contributed by atoms with Crippen molar-refractivity contribution in [1.29, 1.82) is 0 Å². The van der Waals surface area contributed by atoms with Crippen molar-refractivity contribution in [2.75, 3.05) is 5.32 Å². The van der Waals surface area contributed by atoms with Crippen LogP contribution >= 0.6 is 11.3 Å². The maximum absolute atomic E-state index is 5.39. The summed E-state index contributed by atoms with van der Waals surface area (Å²) >= 11 is 1.72. The lowest BCUT2D eigenvalue weighted by atomic mass is 10.1. The van der Waals surface area contributed by atoms with E-state index in [1.807, 2.05) is 6.07 Å². The van der Waals surface area contributed by atoms with E-state index >= 15 is 0 Å². The molecule has 0 bridgehead atoms. The van der Waals surface area contributed by atoms with Crippen LogP contribution in [-0.2, 0) is 13.0 Å². The van der Waals surface area contributed by atoms with E-state index in [1.165, 1.54) is 10.4 Å². The van der Waals surface area contributed by atoms with E-state index in [9.17, 15) is 0 Å². The number of rotatable bonds is 6. The fraction of sp³-hybridized carbons (Fsp3) is 0.250. The second kappa shape index (κ2) is 7.25. The van der Waals surface area contributed by atoms with Gasteiger partial charge in [-0.05, 0) is 43.0 Å². The average Bonchev–Trinajstić information content (AvgIpc) is 3.31. The van der Waals surface area contributed by atoms with Gasteiger partial charge in [0, 0.05) is 16.7 Å². The van der Waals surface area contributed by atoms with Crippen LogP contribution in [0.1, 0.15) is 29.7 Å². The Morgan fingerprint density at radius 2 is 2.08 bits per heavy atom. The second-order valence-corrected chi connectivity index (χ2v) is 7.31. The van der Waals surface area contributed by atoms with E-state index in [-0.39, 0.29) is 0 Å². The Labute approximate surface area is 156 Å². The fourth-order valence-corrected chi connectivity index (χ4v) is 3.51. The van der Waals surface area contributed by atoms with Gasteiger partial charge in [0.15, 0.2) is 0 Å². The Morgan fingerprint density at radius 3 is 2.88 bits per heavy atom. The van der Waals surface area contributed by atoms with Crippen LogP contribution in [0, 0.1) is 6.92 Å². The summed E-state index contributed by atoms with van der Waals surface area (Å²) in [7, 11) is 0. The van der Waals surface area contributed by atoms with Crippen LogP contribution in [0.15, 0.2) is 46.3 Å². The average molecular weight is 364 g/mol. The van der Waals surface area contributed by atoms with Gasteiger partial charge >= 0.3 is 0 Å². The molecule has 5 nitrogen and oxygen atoms in total. The lowest BCUT2D eigenvalue weighted by molar-refractivity contribution is 0.378. The third-order valence-corrected chi connectivity index (χ3v) is 5.03. The van der Waals surface area contributed by atoms with Crippen LogP contribution < -0.4 is 5.32 Å². The van der Waals surface area contributed by atoms with E-state index in [4.69, 9.17) is 9.51 Å². The topological polar surface area (TPSA) is 63.8 Å². The van der Waals surface area contributed by atoms with Gasteiger partial charge in [0.05, 0.1) is 17.6 Å². The highest BCUT2D eigenvalue weighted by molar-refractivity contribution is 7.09. The molecule has 0 saturated carbocycles. The van der Waals surface area contributed by atoms with E-state index in [1.54, 1.807) is 11.3 Å². The molecular formula is C20H20N4OS. The van der Waals surface area contributed by atoms with E-state index in [2.05, 4.69) is 65.0 Å². The summed E-state index contributed by atoms with van der Waals surface area (Å²) in [5, 5.41) is 10.8. The predicted molar refractivity (Wildman–Crippen MR) is 105 cm³/mol. The minimum atomic E-state index is 0.582. The van der Waals surface area contributed by atoms with Crippen LogP contribution in [0.4, 0.5) is 5.82 Å². The molecule has 0 spiro atoms. The zero-order chi connectivity index (χ0) is 17.9. The Kier molecular flexibility index (Phi) is 4.67. The van der Waals surface area contributed by atoms with Crippen molar-refractivity contribution in [3.63, 3.8) is 0 Å². The first-order valence-electron chi connectivity index (χ1n) is 8.73. The number of pyridine rings is 1. The normalized spacial score (nSPS) is 11.2. The summed E-state index contributed by atoms with van der Waals surface area (Å²) in [4.78, 5) is 10.6. The molecule has 0 saturated heterocycles. The number of thiophene rings is 1. The molecule has 6 heteroatoms. The standard InChI is InChI=1S/C20H20N4OS/c1-3-5-18-23-20(24-25-18)16-11-14-10-13(2)7-8-17(14)22-19(16)21-12-15-6-4-9-26-15/h4,6-11H,3,5,12H2,1-2H3,(H,21,22). The van der Waals surface area contributed by atoms with Crippen LogP contribution in [0.25, 0.3) is 22.3 Å². The molecule has 4 aromatic rings. The molecule has 0 aliphatic heterocycles. The minimum Gasteiger partial charge on any atom is -0.365 e. The SMILES string of the molecule is CCCc1nc(-c2cc3cc(C)ccc3nc2NCc2cccs2)no1. The number of hydrogen-bond donors (Lipinski definition) is 1. The summed E-state index contributed by atoms with van der Waals surface area (Å²) in [5.74, 6) is 2.02. The van der Waals surface area contributed by atoms with Crippen LogP contribution in [-0.4, -0.2) is 15.1 Å². The van der Waals surface area contributed by atoms with Gasteiger partial charge in [0.1, 0.15) is 5.82 Å².